The molecule has 0 radical (unpaired) electrons. The predicted octanol–water partition coefficient (Wildman–Crippen LogP) is 1.51. The molecule has 96 valence electrons. The Morgan fingerprint density at radius 1 is 1.25 bits per heavy atom. The van der Waals surface area contributed by atoms with Crippen LogP contribution in [-0.4, -0.2) is 26.9 Å². The fraction of sp³-hybridized carbons (Fsp3) is 1.00. The van der Waals surface area contributed by atoms with E-state index in [1.165, 1.54) is 6.42 Å². The number of hydrogen-bond acceptors (Lipinski definition) is 3. The van der Waals surface area contributed by atoms with Crippen LogP contribution in [0.15, 0.2) is 0 Å². The van der Waals surface area contributed by atoms with Gasteiger partial charge in [0, 0.05) is 6.61 Å². The third-order valence-corrected chi connectivity index (χ3v) is 4.33. The van der Waals surface area contributed by atoms with Gasteiger partial charge in [-0.25, -0.2) is 13.6 Å². The first-order chi connectivity index (χ1) is 7.38. The minimum Gasteiger partial charge on any atom is -0.378 e. The number of primary sulfonamides is 1. The molecule has 1 fully saturated rings. The number of nitrogens with two attached hydrogens (primary N) is 1. The van der Waals surface area contributed by atoms with Crippen molar-refractivity contribution in [2.75, 3.05) is 12.4 Å². The third-order valence-electron chi connectivity index (χ3n) is 3.48. The molecule has 4 nitrogen and oxygen atoms in total. The van der Waals surface area contributed by atoms with Crippen LogP contribution in [0.2, 0.25) is 0 Å². The van der Waals surface area contributed by atoms with Crippen LogP contribution in [0.3, 0.4) is 0 Å². The lowest BCUT2D eigenvalue weighted by Gasteiger charge is -2.31. The summed E-state index contributed by atoms with van der Waals surface area (Å²) in [6.45, 7) is 5.04. The quantitative estimate of drug-likeness (QED) is 0.751. The molecule has 0 bridgehead atoms. The fourth-order valence-electron chi connectivity index (χ4n) is 2.16. The molecular formula is C11H23NO3S. The lowest BCUT2D eigenvalue weighted by atomic mass is 9.80. The number of sulfonamides is 1. The Morgan fingerprint density at radius 2 is 1.94 bits per heavy atom. The van der Waals surface area contributed by atoms with Gasteiger partial charge >= 0.3 is 0 Å². The first-order valence-corrected chi connectivity index (χ1v) is 7.72. The van der Waals surface area contributed by atoms with Crippen LogP contribution in [0.4, 0.5) is 0 Å². The van der Waals surface area contributed by atoms with E-state index in [1.54, 1.807) is 0 Å². The van der Waals surface area contributed by atoms with Crippen molar-refractivity contribution in [3.05, 3.63) is 0 Å². The summed E-state index contributed by atoms with van der Waals surface area (Å²) in [5.74, 6) is 1.51. The highest BCUT2D eigenvalue weighted by Gasteiger charge is 2.24. The molecular weight excluding hydrogens is 226 g/mol. The van der Waals surface area contributed by atoms with Crippen molar-refractivity contribution in [2.45, 2.75) is 45.6 Å². The van der Waals surface area contributed by atoms with Gasteiger partial charge in [-0.1, -0.05) is 13.8 Å². The average molecular weight is 249 g/mol. The Balaban J connectivity index is 2.14. The maximum Gasteiger partial charge on any atom is 0.209 e. The van der Waals surface area contributed by atoms with Gasteiger partial charge in [-0.3, -0.25) is 0 Å². The highest BCUT2D eigenvalue weighted by Crippen LogP contribution is 2.30. The zero-order valence-electron chi connectivity index (χ0n) is 10.2. The van der Waals surface area contributed by atoms with Crippen molar-refractivity contribution in [3.63, 3.8) is 0 Å². The Labute approximate surface area is 98.6 Å². The molecule has 0 aromatic rings. The molecule has 16 heavy (non-hydrogen) atoms. The Bertz CT molecular complexity index is 302. The van der Waals surface area contributed by atoms with Crippen molar-refractivity contribution in [1.29, 1.82) is 0 Å². The van der Waals surface area contributed by atoms with Crippen LogP contribution < -0.4 is 5.14 Å². The molecule has 3 atom stereocenters. The number of rotatable bonds is 5. The van der Waals surface area contributed by atoms with Gasteiger partial charge < -0.3 is 4.74 Å². The number of hydrogen-bond donors (Lipinski definition) is 1. The van der Waals surface area contributed by atoms with Crippen molar-refractivity contribution >= 4 is 10.0 Å². The van der Waals surface area contributed by atoms with E-state index in [0.29, 0.717) is 25.0 Å². The zero-order valence-corrected chi connectivity index (χ0v) is 11.0. The highest BCUT2D eigenvalue weighted by atomic mass is 32.2. The molecule has 1 saturated carbocycles. The summed E-state index contributed by atoms with van der Waals surface area (Å²) in [7, 11) is -3.33. The van der Waals surface area contributed by atoms with Gasteiger partial charge in [0.1, 0.15) is 0 Å². The summed E-state index contributed by atoms with van der Waals surface area (Å²) in [6.07, 6.45) is 4.21. The monoisotopic (exact) mass is 249 g/mol. The lowest BCUT2D eigenvalue weighted by Crippen LogP contribution is -2.27. The maximum atomic E-state index is 10.7. The molecule has 0 heterocycles. The van der Waals surface area contributed by atoms with Gasteiger partial charge in [-0.15, -0.1) is 0 Å². The summed E-state index contributed by atoms with van der Waals surface area (Å²) >= 11 is 0. The second-order valence-corrected chi connectivity index (χ2v) is 6.71. The summed E-state index contributed by atoms with van der Waals surface area (Å²) in [4.78, 5) is 0. The van der Waals surface area contributed by atoms with Crippen LogP contribution >= 0.6 is 0 Å². The zero-order chi connectivity index (χ0) is 12.2. The fourth-order valence-corrected chi connectivity index (χ4v) is 2.68. The second-order valence-electron chi connectivity index (χ2n) is 4.98. The van der Waals surface area contributed by atoms with Crippen LogP contribution in [-0.2, 0) is 14.8 Å². The first-order valence-electron chi connectivity index (χ1n) is 6.00. The molecule has 0 aromatic heterocycles. The molecule has 1 aliphatic carbocycles. The van der Waals surface area contributed by atoms with Crippen LogP contribution in [0.5, 0.6) is 0 Å². The standard InChI is InChI=1S/C11H23NO3S/c1-9-4-5-11(8-10(9)2)15-6-3-7-16(12,13)14/h9-11H,3-8H2,1-2H3,(H2,12,13,14). The average Bonchev–Trinajstić information content (AvgIpc) is 2.17. The molecule has 0 spiro atoms. The van der Waals surface area contributed by atoms with Crippen molar-refractivity contribution in [1.82, 2.24) is 0 Å². The topological polar surface area (TPSA) is 69.4 Å². The molecule has 0 aromatic carbocycles. The summed E-state index contributed by atoms with van der Waals surface area (Å²) in [6, 6.07) is 0. The molecule has 1 aliphatic rings. The van der Waals surface area contributed by atoms with Gasteiger partial charge in [0.05, 0.1) is 11.9 Å². The van der Waals surface area contributed by atoms with E-state index in [-0.39, 0.29) is 5.75 Å². The minimum absolute atomic E-state index is 0.0195. The van der Waals surface area contributed by atoms with Crippen molar-refractivity contribution in [2.24, 2.45) is 17.0 Å². The van der Waals surface area contributed by atoms with Gasteiger partial charge in [-0.05, 0) is 37.5 Å². The second kappa shape index (κ2) is 5.98. The Morgan fingerprint density at radius 3 is 2.50 bits per heavy atom. The molecule has 1 rings (SSSR count). The van der Waals surface area contributed by atoms with Gasteiger partial charge in [0.15, 0.2) is 0 Å². The maximum absolute atomic E-state index is 10.7. The first kappa shape index (κ1) is 13.9. The molecule has 0 aliphatic heterocycles. The molecule has 0 amide bonds. The smallest absolute Gasteiger partial charge is 0.209 e. The Hall–Kier alpha value is -0.130. The predicted molar refractivity (Wildman–Crippen MR) is 64.5 cm³/mol. The largest absolute Gasteiger partial charge is 0.378 e. The molecule has 0 saturated heterocycles. The van der Waals surface area contributed by atoms with Gasteiger partial charge in [-0.2, -0.15) is 0 Å². The van der Waals surface area contributed by atoms with E-state index in [9.17, 15) is 8.42 Å². The number of ether oxygens (including phenoxy) is 1. The highest BCUT2D eigenvalue weighted by molar-refractivity contribution is 7.89. The third kappa shape index (κ3) is 5.27. The van der Waals surface area contributed by atoms with Crippen molar-refractivity contribution < 1.29 is 13.2 Å². The van der Waals surface area contributed by atoms with E-state index in [2.05, 4.69) is 13.8 Å². The Kier molecular flexibility index (Phi) is 5.21. The SMILES string of the molecule is CC1CCC(OCCCS(N)(=O)=O)CC1C. The van der Waals surface area contributed by atoms with E-state index >= 15 is 0 Å². The van der Waals surface area contributed by atoms with E-state index < -0.39 is 10.0 Å². The molecule has 5 heteroatoms. The van der Waals surface area contributed by atoms with Crippen LogP contribution in [0.1, 0.15) is 39.5 Å². The van der Waals surface area contributed by atoms with Gasteiger partial charge in [0.2, 0.25) is 10.0 Å². The van der Waals surface area contributed by atoms with E-state index in [4.69, 9.17) is 9.88 Å². The van der Waals surface area contributed by atoms with E-state index in [0.717, 1.165) is 18.8 Å². The van der Waals surface area contributed by atoms with Crippen molar-refractivity contribution in [3.8, 4) is 0 Å². The molecule has 2 N–H and O–H groups in total. The normalized spacial score (nSPS) is 31.6. The van der Waals surface area contributed by atoms with Gasteiger partial charge in [0.25, 0.3) is 0 Å². The summed E-state index contributed by atoms with van der Waals surface area (Å²) in [5.41, 5.74) is 0. The molecule has 3 unspecified atom stereocenters. The lowest BCUT2D eigenvalue weighted by molar-refractivity contribution is 0.00324. The summed E-state index contributed by atoms with van der Waals surface area (Å²) < 4.78 is 27.1. The minimum atomic E-state index is -3.33. The van der Waals surface area contributed by atoms with Crippen LogP contribution in [0.25, 0.3) is 0 Å². The summed E-state index contributed by atoms with van der Waals surface area (Å²) in [5, 5.41) is 4.91. The van der Waals surface area contributed by atoms with E-state index in [1.807, 2.05) is 0 Å². The van der Waals surface area contributed by atoms with Crippen LogP contribution in [0, 0.1) is 11.8 Å².